The summed E-state index contributed by atoms with van der Waals surface area (Å²) in [6.07, 6.45) is 2.84. The van der Waals surface area contributed by atoms with E-state index in [4.69, 9.17) is 0 Å². The number of ketones is 1. The number of amides is 2. The van der Waals surface area contributed by atoms with Gasteiger partial charge in [0.15, 0.2) is 5.78 Å². The van der Waals surface area contributed by atoms with Crippen molar-refractivity contribution in [1.82, 2.24) is 9.80 Å². The summed E-state index contributed by atoms with van der Waals surface area (Å²) in [5.41, 5.74) is 1.20. The molecular formula is C18H22N2O3. The van der Waals surface area contributed by atoms with Crippen LogP contribution < -0.4 is 0 Å². The number of nitrogens with zero attached hydrogens (tertiary/aromatic N) is 2. The normalized spacial score (nSPS) is 18.5. The molecule has 2 aliphatic rings. The van der Waals surface area contributed by atoms with Gasteiger partial charge < -0.3 is 9.80 Å². The van der Waals surface area contributed by atoms with Gasteiger partial charge in [0.2, 0.25) is 5.91 Å². The van der Waals surface area contributed by atoms with Crippen LogP contribution in [0.4, 0.5) is 0 Å². The number of hydrogen-bond acceptors (Lipinski definition) is 3. The number of hydrogen-bond donors (Lipinski definition) is 0. The van der Waals surface area contributed by atoms with Crippen LogP contribution in [0.15, 0.2) is 24.3 Å². The predicted molar refractivity (Wildman–Crippen MR) is 86.3 cm³/mol. The Hall–Kier alpha value is -2.17. The molecule has 122 valence electrons. The second-order valence-corrected chi connectivity index (χ2v) is 6.38. The summed E-state index contributed by atoms with van der Waals surface area (Å²) in [5.74, 6) is 0.454. The fourth-order valence-corrected chi connectivity index (χ4v) is 2.96. The maximum Gasteiger partial charge on any atom is 0.253 e. The Morgan fingerprint density at radius 1 is 0.870 bits per heavy atom. The van der Waals surface area contributed by atoms with Gasteiger partial charge in [0, 0.05) is 43.2 Å². The summed E-state index contributed by atoms with van der Waals surface area (Å²) >= 11 is 0. The van der Waals surface area contributed by atoms with E-state index in [1.165, 1.54) is 6.92 Å². The van der Waals surface area contributed by atoms with Gasteiger partial charge in [0.25, 0.3) is 5.91 Å². The van der Waals surface area contributed by atoms with Crippen molar-refractivity contribution in [3.8, 4) is 0 Å². The molecule has 5 heteroatoms. The van der Waals surface area contributed by atoms with Gasteiger partial charge in [0.05, 0.1) is 0 Å². The zero-order valence-electron chi connectivity index (χ0n) is 13.5. The first-order valence-electron chi connectivity index (χ1n) is 8.25. The molecule has 1 heterocycles. The van der Waals surface area contributed by atoms with Gasteiger partial charge in [-0.15, -0.1) is 0 Å². The highest BCUT2D eigenvalue weighted by atomic mass is 16.2. The molecule has 2 amide bonds. The molecular weight excluding hydrogens is 292 g/mol. The second-order valence-electron chi connectivity index (χ2n) is 6.38. The highest BCUT2D eigenvalue weighted by Gasteiger charge is 2.34. The molecule has 0 bridgehead atoms. The molecule has 23 heavy (non-hydrogen) atoms. The Labute approximate surface area is 136 Å². The summed E-state index contributed by atoms with van der Waals surface area (Å²) in [5, 5.41) is 0. The molecule has 0 N–H and O–H groups in total. The van der Waals surface area contributed by atoms with Gasteiger partial charge in [0.1, 0.15) is 0 Å². The molecule has 0 unspecified atom stereocenters. The van der Waals surface area contributed by atoms with E-state index in [0.29, 0.717) is 30.8 Å². The molecule has 1 saturated heterocycles. The molecule has 0 radical (unpaired) electrons. The highest BCUT2D eigenvalue weighted by Crippen LogP contribution is 2.31. The first-order valence-corrected chi connectivity index (χ1v) is 8.25. The number of carbonyl (C=O) groups excluding carboxylic acids is 3. The number of carbonyl (C=O) groups is 3. The van der Waals surface area contributed by atoms with Crippen molar-refractivity contribution in [2.24, 2.45) is 5.92 Å². The molecule has 3 rings (SSSR count). The topological polar surface area (TPSA) is 57.7 Å². The Morgan fingerprint density at radius 3 is 2.04 bits per heavy atom. The van der Waals surface area contributed by atoms with Crippen molar-refractivity contribution in [1.29, 1.82) is 0 Å². The van der Waals surface area contributed by atoms with E-state index in [1.54, 1.807) is 24.3 Å². The molecule has 0 atom stereocenters. The van der Waals surface area contributed by atoms with Crippen molar-refractivity contribution < 1.29 is 14.4 Å². The van der Waals surface area contributed by atoms with E-state index < -0.39 is 0 Å². The fraction of sp³-hybridized carbons (Fsp3) is 0.500. The molecule has 2 fully saturated rings. The number of Topliss-reactive ketones (excluding diaryl/α,β-unsaturated/α-hetero) is 1. The lowest BCUT2D eigenvalue weighted by Crippen LogP contribution is -2.38. The lowest BCUT2D eigenvalue weighted by Gasteiger charge is -2.22. The van der Waals surface area contributed by atoms with Gasteiger partial charge in [-0.1, -0.05) is 12.1 Å². The molecule has 1 aliphatic carbocycles. The van der Waals surface area contributed by atoms with E-state index >= 15 is 0 Å². The minimum Gasteiger partial charge on any atom is -0.341 e. The van der Waals surface area contributed by atoms with Gasteiger partial charge in [-0.3, -0.25) is 14.4 Å². The summed E-state index contributed by atoms with van der Waals surface area (Å²) < 4.78 is 0. The van der Waals surface area contributed by atoms with Crippen molar-refractivity contribution in [3.63, 3.8) is 0 Å². The minimum absolute atomic E-state index is 0.00648. The smallest absolute Gasteiger partial charge is 0.253 e. The van der Waals surface area contributed by atoms with Crippen LogP contribution in [0.25, 0.3) is 0 Å². The summed E-state index contributed by atoms with van der Waals surface area (Å²) in [6, 6.07) is 6.79. The predicted octanol–water partition coefficient (Wildman–Crippen LogP) is 1.97. The van der Waals surface area contributed by atoms with Gasteiger partial charge in [-0.2, -0.15) is 0 Å². The molecule has 1 saturated carbocycles. The first-order chi connectivity index (χ1) is 11.1. The van der Waals surface area contributed by atoms with E-state index in [2.05, 4.69) is 0 Å². The summed E-state index contributed by atoms with van der Waals surface area (Å²) in [6.45, 7) is 4.11. The second kappa shape index (κ2) is 6.52. The minimum atomic E-state index is -0.0270. The Bertz CT molecular complexity index is 620. The molecule has 1 aromatic rings. The summed E-state index contributed by atoms with van der Waals surface area (Å²) in [7, 11) is 0. The van der Waals surface area contributed by atoms with Crippen LogP contribution in [0.2, 0.25) is 0 Å². The largest absolute Gasteiger partial charge is 0.341 e. The molecule has 1 aromatic carbocycles. The quantitative estimate of drug-likeness (QED) is 0.802. The van der Waals surface area contributed by atoms with Crippen LogP contribution >= 0.6 is 0 Å². The summed E-state index contributed by atoms with van der Waals surface area (Å²) in [4.78, 5) is 39.8. The third kappa shape index (κ3) is 3.60. The van der Waals surface area contributed by atoms with Crippen molar-refractivity contribution in [2.75, 3.05) is 26.2 Å². The van der Waals surface area contributed by atoms with E-state index in [-0.39, 0.29) is 23.5 Å². The number of rotatable bonds is 3. The highest BCUT2D eigenvalue weighted by molar-refractivity contribution is 5.97. The average molecular weight is 314 g/mol. The fourth-order valence-electron chi connectivity index (χ4n) is 2.96. The molecule has 1 aliphatic heterocycles. The zero-order chi connectivity index (χ0) is 16.4. The van der Waals surface area contributed by atoms with Crippen LogP contribution in [0, 0.1) is 5.92 Å². The zero-order valence-corrected chi connectivity index (χ0v) is 13.5. The average Bonchev–Trinajstić information content (AvgIpc) is 3.40. The van der Waals surface area contributed by atoms with E-state index in [1.807, 2.05) is 9.80 Å². The lowest BCUT2D eigenvalue weighted by molar-refractivity contribution is -0.132. The van der Waals surface area contributed by atoms with E-state index in [9.17, 15) is 14.4 Å². The maximum atomic E-state index is 12.6. The van der Waals surface area contributed by atoms with Crippen molar-refractivity contribution >= 4 is 17.6 Å². The van der Waals surface area contributed by atoms with Crippen molar-refractivity contribution in [2.45, 2.75) is 26.2 Å². The van der Waals surface area contributed by atoms with Gasteiger partial charge in [-0.25, -0.2) is 0 Å². The van der Waals surface area contributed by atoms with Gasteiger partial charge in [-0.05, 0) is 38.3 Å². The van der Waals surface area contributed by atoms with Gasteiger partial charge >= 0.3 is 0 Å². The van der Waals surface area contributed by atoms with Crippen LogP contribution in [0.1, 0.15) is 46.9 Å². The Morgan fingerprint density at radius 2 is 1.43 bits per heavy atom. The van der Waals surface area contributed by atoms with Crippen LogP contribution in [-0.4, -0.2) is 53.6 Å². The lowest BCUT2D eigenvalue weighted by atomic mass is 10.1. The van der Waals surface area contributed by atoms with Crippen molar-refractivity contribution in [3.05, 3.63) is 35.4 Å². The third-order valence-electron chi connectivity index (χ3n) is 4.56. The maximum absolute atomic E-state index is 12.6. The van der Waals surface area contributed by atoms with Crippen LogP contribution in [0.3, 0.4) is 0 Å². The number of benzene rings is 1. The SMILES string of the molecule is CC(=O)c1ccc(C(=O)N2CCCN(C(=O)C3CC3)CC2)cc1. The molecule has 5 nitrogen and oxygen atoms in total. The molecule has 0 spiro atoms. The van der Waals surface area contributed by atoms with Crippen LogP contribution in [0.5, 0.6) is 0 Å². The third-order valence-corrected chi connectivity index (χ3v) is 4.56. The first kappa shape index (κ1) is 15.7. The molecule has 0 aromatic heterocycles. The Balaban J connectivity index is 1.63. The standard InChI is InChI=1S/C18H22N2O3/c1-13(21)14-3-5-15(6-4-14)17(22)19-9-2-10-20(12-11-19)18(23)16-7-8-16/h3-6,16H,2,7-12H2,1H3. The van der Waals surface area contributed by atoms with E-state index in [0.717, 1.165) is 25.8 Å². The Kier molecular flexibility index (Phi) is 4.46. The monoisotopic (exact) mass is 314 g/mol. The van der Waals surface area contributed by atoms with Crippen LogP contribution in [-0.2, 0) is 4.79 Å².